The molecule has 0 bridgehead atoms. The fourth-order valence-electron chi connectivity index (χ4n) is 2.99. The fourth-order valence-corrected chi connectivity index (χ4v) is 3.79. The van der Waals surface area contributed by atoms with Crippen LogP contribution in [-0.4, -0.2) is 43.4 Å². The lowest BCUT2D eigenvalue weighted by Crippen LogP contribution is -2.43. The van der Waals surface area contributed by atoms with Crippen molar-refractivity contribution in [2.45, 2.75) is 65.4 Å². The van der Waals surface area contributed by atoms with E-state index < -0.39 is 0 Å². The summed E-state index contributed by atoms with van der Waals surface area (Å²) < 4.78 is 7.80. The van der Waals surface area contributed by atoms with Crippen molar-refractivity contribution in [3.8, 4) is 5.75 Å². The van der Waals surface area contributed by atoms with Gasteiger partial charge < -0.3 is 14.2 Å². The summed E-state index contributed by atoms with van der Waals surface area (Å²) in [4.78, 5) is 14.4. The quantitative estimate of drug-likeness (QED) is 0.643. The fraction of sp³-hybridized carbons (Fsp3) is 0.550. The Morgan fingerprint density at radius 3 is 2.48 bits per heavy atom. The highest BCUT2D eigenvalue weighted by atomic mass is 32.2. The minimum absolute atomic E-state index is 0.112. The van der Waals surface area contributed by atoms with Crippen LogP contribution in [0.3, 0.4) is 0 Å². The van der Waals surface area contributed by atoms with Gasteiger partial charge in [-0.15, -0.1) is 10.2 Å². The number of ether oxygens (including phenoxy) is 1. The van der Waals surface area contributed by atoms with Crippen molar-refractivity contribution < 1.29 is 9.53 Å². The summed E-state index contributed by atoms with van der Waals surface area (Å²) in [6.45, 7) is 12.6. The van der Waals surface area contributed by atoms with Crippen molar-refractivity contribution in [3.63, 3.8) is 0 Å². The molecule has 0 fully saturated rings. The lowest BCUT2D eigenvalue weighted by molar-refractivity contribution is -0.131. The van der Waals surface area contributed by atoms with E-state index in [9.17, 15) is 4.79 Å². The Bertz CT molecular complexity index is 778. The third-order valence-corrected chi connectivity index (χ3v) is 5.57. The predicted molar refractivity (Wildman–Crippen MR) is 109 cm³/mol. The van der Waals surface area contributed by atoms with Crippen LogP contribution in [0.15, 0.2) is 23.4 Å². The average molecular weight is 391 g/mol. The summed E-state index contributed by atoms with van der Waals surface area (Å²) in [5, 5.41) is 9.15. The Hall–Kier alpha value is -2.02. The number of hydrogen-bond donors (Lipinski definition) is 0. The number of hydrogen-bond acceptors (Lipinski definition) is 5. The van der Waals surface area contributed by atoms with Crippen LogP contribution >= 0.6 is 11.8 Å². The van der Waals surface area contributed by atoms with Crippen LogP contribution in [0.2, 0.25) is 0 Å². The first-order valence-corrected chi connectivity index (χ1v) is 10.2. The maximum atomic E-state index is 12.5. The molecule has 0 aliphatic heterocycles. The highest BCUT2D eigenvalue weighted by molar-refractivity contribution is 7.99. The van der Waals surface area contributed by atoms with Crippen LogP contribution in [0, 0.1) is 13.8 Å². The van der Waals surface area contributed by atoms with E-state index in [1.807, 2.05) is 63.3 Å². The molecule has 0 spiro atoms. The monoisotopic (exact) mass is 390 g/mol. The molecule has 0 aliphatic carbocycles. The molecule has 1 amide bonds. The largest absolute Gasteiger partial charge is 0.485 e. The number of thioether (sulfide) groups is 1. The van der Waals surface area contributed by atoms with Crippen LogP contribution < -0.4 is 4.74 Å². The molecule has 7 heteroatoms. The zero-order chi connectivity index (χ0) is 20.1. The van der Waals surface area contributed by atoms with Crippen molar-refractivity contribution in [2.75, 3.05) is 5.75 Å². The van der Waals surface area contributed by atoms with Gasteiger partial charge >= 0.3 is 0 Å². The maximum absolute atomic E-state index is 12.5. The summed E-state index contributed by atoms with van der Waals surface area (Å²) in [5.74, 6) is 2.05. The van der Waals surface area contributed by atoms with Crippen LogP contribution in [0.4, 0.5) is 0 Å². The summed E-state index contributed by atoms with van der Waals surface area (Å²) in [5.41, 5.74) is 2.32. The molecule has 0 atom stereocenters. The standard InChI is InChI=1S/C20H30N4O2S/c1-13(2)24(14(3)4)19(25)12-27-20-22-21-18(23(20)7)11-26-17-10-8-9-15(5)16(17)6/h8-10,13-14H,11-12H2,1-7H3. The van der Waals surface area contributed by atoms with Gasteiger partial charge in [0, 0.05) is 19.1 Å². The summed E-state index contributed by atoms with van der Waals surface area (Å²) in [6, 6.07) is 6.36. The molecule has 0 saturated carbocycles. The van der Waals surface area contributed by atoms with Crippen molar-refractivity contribution in [1.82, 2.24) is 19.7 Å². The number of carbonyl (C=O) groups excluding carboxylic acids is 1. The minimum atomic E-state index is 0.112. The van der Waals surface area contributed by atoms with E-state index in [2.05, 4.69) is 23.2 Å². The highest BCUT2D eigenvalue weighted by Crippen LogP contribution is 2.22. The van der Waals surface area contributed by atoms with Crippen LogP contribution in [0.25, 0.3) is 0 Å². The van der Waals surface area contributed by atoms with Gasteiger partial charge in [-0.2, -0.15) is 0 Å². The van der Waals surface area contributed by atoms with E-state index in [-0.39, 0.29) is 18.0 Å². The molecule has 0 aliphatic rings. The molecular weight excluding hydrogens is 360 g/mol. The van der Waals surface area contributed by atoms with Gasteiger partial charge in [0.05, 0.1) is 5.75 Å². The Balaban J connectivity index is 1.98. The number of amides is 1. The topological polar surface area (TPSA) is 60.3 Å². The van der Waals surface area contributed by atoms with Crippen molar-refractivity contribution in [3.05, 3.63) is 35.2 Å². The third-order valence-electron chi connectivity index (χ3n) is 4.56. The Labute approximate surface area is 166 Å². The van der Waals surface area contributed by atoms with Gasteiger partial charge in [0.2, 0.25) is 5.91 Å². The molecule has 2 rings (SSSR count). The van der Waals surface area contributed by atoms with Gasteiger partial charge in [0.15, 0.2) is 11.0 Å². The molecule has 6 nitrogen and oxygen atoms in total. The normalized spacial score (nSPS) is 11.3. The van der Waals surface area contributed by atoms with E-state index in [4.69, 9.17) is 4.74 Å². The average Bonchev–Trinajstić information content (AvgIpc) is 2.94. The minimum Gasteiger partial charge on any atom is -0.485 e. The van der Waals surface area contributed by atoms with E-state index >= 15 is 0 Å². The third kappa shape index (κ3) is 5.25. The van der Waals surface area contributed by atoms with Crippen LogP contribution in [0.5, 0.6) is 5.75 Å². The van der Waals surface area contributed by atoms with Gasteiger partial charge in [-0.25, -0.2) is 0 Å². The molecule has 1 aromatic carbocycles. The van der Waals surface area contributed by atoms with Gasteiger partial charge in [0.1, 0.15) is 12.4 Å². The Kier molecular flexibility index (Phi) is 7.30. The van der Waals surface area contributed by atoms with E-state index in [1.54, 1.807) is 0 Å². The van der Waals surface area contributed by atoms with Crippen LogP contribution in [0.1, 0.15) is 44.6 Å². The number of aryl methyl sites for hydroxylation is 1. The second-order valence-corrected chi connectivity index (χ2v) is 8.16. The molecule has 27 heavy (non-hydrogen) atoms. The molecule has 1 heterocycles. The molecule has 2 aromatic rings. The molecular formula is C20H30N4O2S. The first-order valence-electron chi connectivity index (χ1n) is 9.23. The second-order valence-electron chi connectivity index (χ2n) is 7.22. The van der Waals surface area contributed by atoms with E-state index in [1.165, 1.54) is 17.3 Å². The predicted octanol–water partition coefficient (Wildman–Crippen LogP) is 3.75. The summed E-state index contributed by atoms with van der Waals surface area (Å²) in [7, 11) is 1.90. The van der Waals surface area contributed by atoms with Crippen molar-refractivity contribution in [1.29, 1.82) is 0 Å². The van der Waals surface area contributed by atoms with Crippen LogP contribution in [-0.2, 0) is 18.4 Å². The first-order chi connectivity index (χ1) is 12.7. The lowest BCUT2D eigenvalue weighted by atomic mass is 10.1. The van der Waals surface area contributed by atoms with Gasteiger partial charge in [-0.3, -0.25) is 4.79 Å². The van der Waals surface area contributed by atoms with Crippen molar-refractivity contribution >= 4 is 17.7 Å². The number of rotatable bonds is 8. The molecule has 148 valence electrons. The number of nitrogens with zero attached hydrogens (tertiary/aromatic N) is 4. The molecule has 0 saturated heterocycles. The zero-order valence-electron chi connectivity index (χ0n) is 17.3. The lowest BCUT2D eigenvalue weighted by Gasteiger charge is -2.30. The Morgan fingerprint density at radius 1 is 1.19 bits per heavy atom. The molecule has 0 radical (unpaired) electrons. The number of carbonyl (C=O) groups is 1. The zero-order valence-corrected chi connectivity index (χ0v) is 18.1. The van der Waals surface area contributed by atoms with Gasteiger partial charge in [-0.1, -0.05) is 23.9 Å². The Morgan fingerprint density at radius 2 is 1.85 bits per heavy atom. The van der Waals surface area contributed by atoms with Gasteiger partial charge in [0.25, 0.3) is 0 Å². The molecule has 0 N–H and O–H groups in total. The van der Waals surface area contributed by atoms with E-state index in [0.717, 1.165) is 22.3 Å². The first kappa shape index (κ1) is 21.3. The summed E-state index contributed by atoms with van der Waals surface area (Å²) in [6.07, 6.45) is 0. The maximum Gasteiger partial charge on any atom is 0.233 e. The number of aromatic nitrogens is 3. The van der Waals surface area contributed by atoms with Crippen molar-refractivity contribution in [2.24, 2.45) is 7.05 Å². The molecule has 0 unspecified atom stereocenters. The number of benzene rings is 1. The SMILES string of the molecule is Cc1cccc(OCc2nnc(SCC(=O)N(C(C)C)C(C)C)n2C)c1C. The van der Waals surface area contributed by atoms with Gasteiger partial charge in [-0.05, 0) is 58.7 Å². The smallest absolute Gasteiger partial charge is 0.233 e. The summed E-state index contributed by atoms with van der Waals surface area (Å²) >= 11 is 1.41. The van der Waals surface area contributed by atoms with E-state index in [0.29, 0.717) is 12.4 Å². The highest BCUT2D eigenvalue weighted by Gasteiger charge is 2.21. The second kappa shape index (κ2) is 9.26. The molecule has 1 aromatic heterocycles.